The van der Waals surface area contributed by atoms with E-state index in [0.29, 0.717) is 11.7 Å². The van der Waals surface area contributed by atoms with Crippen LogP contribution >= 0.6 is 0 Å². The predicted molar refractivity (Wildman–Crippen MR) is 49.3 cm³/mol. The Labute approximate surface area is 77.7 Å². The Balaban J connectivity index is 2.06. The van der Waals surface area contributed by atoms with Crippen LogP contribution in [0.25, 0.3) is 0 Å². The van der Waals surface area contributed by atoms with Crippen molar-refractivity contribution in [2.75, 3.05) is 19.6 Å². The van der Waals surface area contributed by atoms with E-state index in [-0.39, 0.29) is 0 Å². The van der Waals surface area contributed by atoms with E-state index in [2.05, 4.69) is 15.5 Å². The van der Waals surface area contributed by atoms with Gasteiger partial charge in [-0.1, -0.05) is 5.16 Å². The van der Waals surface area contributed by atoms with Crippen LogP contribution in [0.4, 0.5) is 0 Å². The van der Waals surface area contributed by atoms with Crippen LogP contribution in [0.5, 0.6) is 0 Å². The first-order chi connectivity index (χ1) is 6.33. The van der Waals surface area contributed by atoms with Crippen LogP contribution in [-0.2, 0) is 6.42 Å². The Kier molecular flexibility index (Phi) is 4.42. The third kappa shape index (κ3) is 4.00. The van der Waals surface area contributed by atoms with Crippen LogP contribution in [0.2, 0.25) is 0 Å². The van der Waals surface area contributed by atoms with Crippen LogP contribution in [-0.4, -0.2) is 29.8 Å². The van der Waals surface area contributed by atoms with Gasteiger partial charge in [0.1, 0.15) is 0 Å². The molecular formula is C8H16N4O. The van der Waals surface area contributed by atoms with Crippen molar-refractivity contribution in [1.82, 2.24) is 15.5 Å². The molecule has 0 spiro atoms. The molecule has 0 aliphatic carbocycles. The zero-order chi connectivity index (χ0) is 9.52. The van der Waals surface area contributed by atoms with Gasteiger partial charge in [-0.05, 0) is 26.4 Å². The molecule has 0 radical (unpaired) electrons. The number of hydrogen-bond acceptors (Lipinski definition) is 5. The SMILES string of the molecule is Cc1noc(CCNCCCN)n1. The molecule has 1 heterocycles. The van der Waals surface area contributed by atoms with Crippen molar-refractivity contribution >= 4 is 0 Å². The molecule has 0 saturated carbocycles. The molecule has 0 bridgehead atoms. The van der Waals surface area contributed by atoms with E-state index in [1.807, 2.05) is 6.92 Å². The van der Waals surface area contributed by atoms with Gasteiger partial charge in [-0.15, -0.1) is 0 Å². The molecule has 3 N–H and O–H groups in total. The van der Waals surface area contributed by atoms with Crippen molar-refractivity contribution in [3.05, 3.63) is 11.7 Å². The summed E-state index contributed by atoms with van der Waals surface area (Å²) in [5.74, 6) is 1.38. The highest BCUT2D eigenvalue weighted by Crippen LogP contribution is 1.95. The summed E-state index contributed by atoms with van der Waals surface area (Å²) in [5, 5.41) is 6.93. The molecule has 0 aromatic carbocycles. The molecule has 0 aliphatic rings. The number of hydrogen-bond donors (Lipinski definition) is 2. The highest BCUT2D eigenvalue weighted by molar-refractivity contribution is 4.83. The minimum atomic E-state index is 0.692. The maximum absolute atomic E-state index is 5.34. The number of nitrogens with zero attached hydrogens (tertiary/aromatic N) is 2. The third-order valence-electron chi connectivity index (χ3n) is 1.64. The second kappa shape index (κ2) is 5.66. The van der Waals surface area contributed by atoms with Crippen molar-refractivity contribution in [3.63, 3.8) is 0 Å². The summed E-state index contributed by atoms with van der Waals surface area (Å²) in [4.78, 5) is 4.09. The van der Waals surface area contributed by atoms with Gasteiger partial charge in [0.25, 0.3) is 0 Å². The van der Waals surface area contributed by atoms with E-state index in [4.69, 9.17) is 10.3 Å². The normalized spacial score (nSPS) is 10.6. The van der Waals surface area contributed by atoms with Crippen LogP contribution in [0.15, 0.2) is 4.52 Å². The van der Waals surface area contributed by atoms with Crippen molar-refractivity contribution in [2.45, 2.75) is 19.8 Å². The monoisotopic (exact) mass is 184 g/mol. The highest BCUT2D eigenvalue weighted by Gasteiger charge is 2.00. The fourth-order valence-electron chi connectivity index (χ4n) is 0.989. The van der Waals surface area contributed by atoms with Gasteiger partial charge in [-0.25, -0.2) is 0 Å². The Morgan fingerprint density at radius 3 is 2.92 bits per heavy atom. The minimum Gasteiger partial charge on any atom is -0.339 e. The van der Waals surface area contributed by atoms with Crippen molar-refractivity contribution in [2.24, 2.45) is 5.73 Å². The molecular weight excluding hydrogens is 168 g/mol. The molecule has 13 heavy (non-hydrogen) atoms. The van der Waals surface area contributed by atoms with Crippen LogP contribution in [0.1, 0.15) is 18.1 Å². The van der Waals surface area contributed by atoms with Crippen LogP contribution in [0.3, 0.4) is 0 Å². The Morgan fingerprint density at radius 1 is 1.46 bits per heavy atom. The summed E-state index contributed by atoms with van der Waals surface area (Å²) >= 11 is 0. The number of nitrogens with one attached hydrogen (secondary N) is 1. The molecule has 74 valence electrons. The largest absolute Gasteiger partial charge is 0.339 e. The van der Waals surface area contributed by atoms with Gasteiger partial charge in [0.2, 0.25) is 5.89 Å². The number of aryl methyl sites for hydroxylation is 1. The molecule has 0 unspecified atom stereocenters. The molecule has 0 atom stereocenters. The number of nitrogens with two attached hydrogens (primary N) is 1. The van der Waals surface area contributed by atoms with Gasteiger partial charge in [-0.2, -0.15) is 4.98 Å². The third-order valence-corrected chi connectivity index (χ3v) is 1.64. The fourth-order valence-corrected chi connectivity index (χ4v) is 0.989. The molecule has 5 heteroatoms. The van der Waals surface area contributed by atoms with E-state index < -0.39 is 0 Å². The lowest BCUT2D eigenvalue weighted by molar-refractivity contribution is 0.372. The second-order valence-electron chi connectivity index (χ2n) is 2.88. The van der Waals surface area contributed by atoms with E-state index in [1.54, 1.807) is 0 Å². The van der Waals surface area contributed by atoms with Crippen molar-refractivity contribution < 1.29 is 4.52 Å². The summed E-state index contributed by atoms with van der Waals surface area (Å²) in [7, 11) is 0. The first kappa shape index (κ1) is 10.1. The number of aromatic nitrogens is 2. The maximum Gasteiger partial charge on any atom is 0.227 e. The minimum absolute atomic E-state index is 0.692. The summed E-state index contributed by atoms with van der Waals surface area (Å²) in [5.41, 5.74) is 5.34. The Morgan fingerprint density at radius 2 is 2.31 bits per heavy atom. The molecule has 0 saturated heterocycles. The van der Waals surface area contributed by atoms with Gasteiger partial charge in [0.05, 0.1) is 0 Å². The molecule has 5 nitrogen and oxygen atoms in total. The summed E-state index contributed by atoms with van der Waals surface area (Å²) < 4.78 is 4.95. The zero-order valence-corrected chi connectivity index (χ0v) is 7.92. The van der Waals surface area contributed by atoms with Crippen molar-refractivity contribution in [3.8, 4) is 0 Å². The van der Waals surface area contributed by atoms with Gasteiger partial charge in [0, 0.05) is 13.0 Å². The van der Waals surface area contributed by atoms with Gasteiger partial charge in [0.15, 0.2) is 5.82 Å². The topological polar surface area (TPSA) is 77.0 Å². The van der Waals surface area contributed by atoms with Gasteiger partial charge >= 0.3 is 0 Å². The summed E-state index contributed by atoms with van der Waals surface area (Å²) in [6.07, 6.45) is 1.79. The van der Waals surface area contributed by atoms with E-state index in [9.17, 15) is 0 Å². The van der Waals surface area contributed by atoms with E-state index in [1.165, 1.54) is 0 Å². The molecule has 1 rings (SSSR count). The molecule has 0 fully saturated rings. The van der Waals surface area contributed by atoms with Crippen LogP contribution < -0.4 is 11.1 Å². The molecule has 1 aromatic rings. The molecule has 1 aromatic heterocycles. The predicted octanol–water partition coefficient (Wildman–Crippen LogP) is -0.141. The van der Waals surface area contributed by atoms with Gasteiger partial charge < -0.3 is 15.6 Å². The lowest BCUT2D eigenvalue weighted by Gasteiger charge is -1.99. The summed E-state index contributed by atoms with van der Waals surface area (Å²) in [6, 6.07) is 0. The van der Waals surface area contributed by atoms with Gasteiger partial charge in [-0.3, -0.25) is 0 Å². The molecule has 0 aliphatic heterocycles. The van der Waals surface area contributed by atoms with Crippen molar-refractivity contribution in [1.29, 1.82) is 0 Å². The molecule has 0 amide bonds. The maximum atomic E-state index is 5.34. The lowest BCUT2D eigenvalue weighted by atomic mass is 10.4. The smallest absolute Gasteiger partial charge is 0.227 e. The van der Waals surface area contributed by atoms with E-state index in [0.717, 1.165) is 32.5 Å². The lowest BCUT2D eigenvalue weighted by Crippen LogP contribution is -2.20. The first-order valence-corrected chi connectivity index (χ1v) is 4.53. The average Bonchev–Trinajstić information content (AvgIpc) is 2.51. The Bertz CT molecular complexity index is 236. The number of rotatable bonds is 6. The summed E-state index contributed by atoms with van der Waals surface area (Å²) in [6.45, 7) is 4.35. The van der Waals surface area contributed by atoms with E-state index >= 15 is 0 Å². The average molecular weight is 184 g/mol. The van der Waals surface area contributed by atoms with Crippen LogP contribution in [0, 0.1) is 6.92 Å². The first-order valence-electron chi connectivity index (χ1n) is 4.53. The zero-order valence-electron chi connectivity index (χ0n) is 7.92. The fraction of sp³-hybridized carbons (Fsp3) is 0.750. The highest BCUT2D eigenvalue weighted by atomic mass is 16.5. The Hall–Kier alpha value is -0.940. The quantitative estimate of drug-likeness (QED) is 0.602. The standard InChI is InChI=1S/C8H16N4O/c1-7-11-8(13-12-7)3-6-10-5-2-4-9/h10H,2-6,9H2,1H3. The second-order valence-corrected chi connectivity index (χ2v) is 2.88.